The predicted molar refractivity (Wildman–Crippen MR) is 162 cm³/mol. The van der Waals surface area contributed by atoms with Crippen molar-refractivity contribution in [2.45, 2.75) is 123 Å². The molecule has 0 amide bonds. The van der Waals surface area contributed by atoms with Crippen LogP contribution >= 0.6 is 0 Å². The molecule has 4 aliphatic carbocycles. The second-order valence-corrected chi connectivity index (χ2v) is 16.6. The Balaban J connectivity index is 1.23. The van der Waals surface area contributed by atoms with Gasteiger partial charge in [-0.25, -0.2) is 4.83 Å². The van der Waals surface area contributed by atoms with Crippen molar-refractivity contribution in [1.82, 2.24) is 4.83 Å². The Morgan fingerprint density at radius 1 is 0.923 bits per heavy atom. The molecule has 0 radical (unpaired) electrons. The molecule has 8 atom stereocenters. The predicted octanol–water partition coefficient (Wildman–Crippen LogP) is 8.75. The first kappa shape index (κ1) is 29.1. The SMILES string of the molecule is Cc1ccc(S(=O)(=O)N/N=C2/CC[C@@]3(C)[C@H](CC[C@H]4[C@H]5CC[C@@H]([C@@H](C)CCCC(C)C)[C@@]5(C)CC[C@@H]43)C2)cc1. The van der Waals surface area contributed by atoms with Crippen LogP contribution in [0.4, 0.5) is 0 Å². The number of benzene rings is 1. The second-order valence-electron chi connectivity index (χ2n) is 15.0. The summed E-state index contributed by atoms with van der Waals surface area (Å²) in [6.45, 7) is 14.5. The Kier molecular flexibility index (Phi) is 8.32. The molecule has 0 spiro atoms. The molecule has 0 heterocycles. The number of hydrogen-bond acceptors (Lipinski definition) is 3. The summed E-state index contributed by atoms with van der Waals surface area (Å²) in [7, 11) is -3.62. The largest absolute Gasteiger partial charge is 0.276 e. The molecule has 5 rings (SSSR count). The lowest BCUT2D eigenvalue weighted by atomic mass is 9.44. The molecule has 4 nitrogen and oxygen atoms in total. The maximum absolute atomic E-state index is 12.8. The third-order valence-electron chi connectivity index (χ3n) is 12.4. The van der Waals surface area contributed by atoms with Crippen molar-refractivity contribution >= 4 is 15.7 Å². The standard InChI is InChI=1S/C34H54N2O2S/c1-23(2)8-7-9-25(4)30-16-17-31-29-15-12-26-22-27(18-20-33(26,5)32(29)19-21-34(30,31)6)35-36-39(37,38)28-13-10-24(3)11-14-28/h10-11,13-14,23,25-26,29-32,36H,7-9,12,15-22H2,1-6H3/b35-27-/t25-,26+,29-,30-,31+,32-,33-,34+/m0/s1. The second kappa shape index (κ2) is 11.1. The molecule has 0 bridgehead atoms. The lowest BCUT2D eigenvalue weighted by Gasteiger charge is -2.61. The number of hydrazone groups is 1. The fourth-order valence-electron chi connectivity index (χ4n) is 10.1. The highest BCUT2D eigenvalue weighted by molar-refractivity contribution is 7.89. The van der Waals surface area contributed by atoms with Gasteiger partial charge < -0.3 is 0 Å². The van der Waals surface area contributed by atoms with Crippen LogP contribution in [-0.2, 0) is 10.0 Å². The van der Waals surface area contributed by atoms with Crippen LogP contribution in [0.25, 0.3) is 0 Å². The summed E-state index contributed by atoms with van der Waals surface area (Å²) in [5, 5.41) is 4.49. The van der Waals surface area contributed by atoms with Crippen molar-refractivity contribution < 1.29 is 8.42 Å². The van der Waals surface area contributed by atoms with E-state index in [1.54, 1.807) is 12.1 Å². The lowest BCUT2D eigenvalue weighted by Crippen LogP contribution is -2.53. The molecule has 4 fully saturated rings. The summed E-state index contributed by atoms with van der Waals surface area (Å²) in [6.07, 6.45) is 15.6. The van der Waals surface area contributed by atoms with Gasteiger partial charge in [-0.2, -0.15) is 13.5 Å². The normalized spacial score (nSPS) is 38.2. The molecular weight excluding hydrogens is 500 g/mol. The van der Waals surface area contributed by atoms with Gasteiger partial charge in [0.2, 0.25) is 0 Å². The molecule has 0 unspecified atom stereocenters. The number of hydrogen-bond donors (Lipinski definition) is 1. The Morgan fingerprint density at radius 3 is 2.36 bits per heavy atom. The molecule has 1 N–H and O–H groups in total. The van der Waals surface area contributed by atoms with E-state index in [9.17, 15) is 8.42 Å². The van der Waals surface area contributed by atoms with Crippen LogP contribution in [-0.4, -0.2) is 14.1 Å². The molecule has 5 heteroatoms. The van der Waals surface area contributed by atoms with Gasteiger partial charge in [-0.1, -0.05) is 71.6 Å². The highest BCUT2D eigenvalue weighted by Crippen LogP contribution is 2.68. The van der Waals surface area contributed by atoms with Gasteiger partial charge in [-0.05, 0) is 129 Å². The van der Waals surface area contributed by atoms with Crippen molar-refractivity contribution in [1.29, 1.82) is 0 Å². The first-order chi connectivity index (χ1) is 18.4. The van der Waals surface area contributed by atoms with Crippen LogP contribution in [0.1, 0.15) is 117 Å². The average molecular weight is 555 g/mol. The first-order valence-electron chi connectivity index (χ1n) is 16.1. The van der Waals surface area contributed by atoms with Crippen molar-refractivity contribution in [3.63, 3.8) is 0 Å². The van der Waals surface area contributed by atoms with E-state index in [1.165, 1.54) is 57.8 Å². The van der Waals surface area contributed by atoms with E-state index in [0.29, 0.717) is 16.7 Å². The smallest absolute Gasteiger partial charge is 0.200 e. The van der Waals surface area contributed by atoms with Gasteiger partial charge in [-0.3, -0.25) is 0 Å². The number of nitrogens with one attached hydrogen (secondary N) is 1. The van der Waals surface area contributed by atoms with Crippen LogP contribution in [0.5, 0.6) is 0 Å². The molecule has 0 aromatic heterocycles. The van der Waals surface area contributed by atoms with Crippen molar-refractivity contribution in [2.24, 2.45) is 57.4 Å². The van der Waals surface area contributed by atoms with Gasteiger partial charge in [-0.15, -0.1) is 0 Å². The molecule has 4 aliphatic rings. The van der Waals surface area contributed by atoms with Crippen molar-refractivity contribution in [3.05, 3.63) is 29.8 Å². The van der Waals surface area contributed by atoms with Crippen LogP contribution in [0.3, 0.4) is 0 Å². The monoisotopic (exact) mass is 554 g/mol. The fourth-order valence-corrected chi connectivity index (χ4v) is 10.9. The number of aryl methyl sites for hydroxylation is 1. The van der Waals surface area contributed by atoms with Crippen molar-refractivity contribution in [2.75, 3.05) is 0 Å². The van der Waals surface area contributed by atoms with E-state index < -0.39 is 10.0 Å². The zero-order valence-electron chi connectivity index (χ0n) is 25.5. The summed E-state index contributed by atoms with van der Waals surface area (Å²) >= 11 is 0. The number of fused-ring (bicyclic) bond motifs is 5. The molecule has 0 saturated heterocycles. The topological polar surface area (TPSA) is 58.5 Å². The zero-order valence-corrected chi connectivity index (χ0v) is 26.3. The van der Waals surface area contributed by atoms with Gasteiger partial charge in [0, 0.05) is 5.71 Å². The molecule has 218 valence electrons. The minimum absolute atomic E-state index is 0.285. The Hall–Kier alpha value is -1.36. The van der Waals surface area contributed by atoms with Gasteiger partial charge in [0.05, 0.1) is 4.90 Å². The van der Waals surface area contributed by atoms with E-state index >= 15 is 0 Å². The fraction of sp³-hybridized carbons (Fsp3) is 0.794. The van der Waals surface area contributed by atoms with Crippen LogP contribution in [0.2, 0.25) is 0 Å². The minimum Gasteiger partial charge on any atom is -0.200 e. The molecule has 1 aromatic rings. The summed E-state index contributed by atoms with van der Waals surface area (Å²) in [5.74, 6) is 5.85. The van der Waals surface area contributed by atoms with E-state index in [2.05, 4.69) is 44.6 Å². The lowest BCUT2D eigenvalue weighted by molar-refractivity contribution is -0.105. The number of rotatable bonds is 8. The highest BCUT2D eigenvalue weighted by atomic mass is 32.2. The van der Waals surface area contributed by atoms with Crippen LogP contribution < -0.4 is 4.83 Å². The Morgan fingerprint density at radius 2 is 1.64 bits per heavy atom. The summed E-state index contributed by atoms with van der Waals surface area (Å²) in [5.41, 5.74) is 3.01. The van der Waals surface area contributed by atoms with Gasteiger partial charge >= 0.3 is 0 Å². The van der Waals surface area contributed by atoms with E-state index in [1.807, 2.05) is 19.1 Å². The molecule has 0 aliphatic heterocycles. The van der Waals surface area contributed by atoms with Gasteiger partial charge in [0.15, 0.2) is 0 Å². The first-order valence-corrected chi connectivity index (χ1v) is 17.6. The molecular formula is C34H54N2O2S. The zero-order chi connectivity index (χ0) is 28.0. The maximum atomic E-state index is 12.8. The average Bonchev–Trinajstić information content (AvgIpc) is 3.25. The number of nitrogens with zero attached hydrogens (tertiary/aromatic N) is 1. The third-order valence-corrected chi connectivity index (χ3v) is 13.6. The highest BCUT2D eigenvalue weighted by Gasteiger charge is 2.60. The molecule has 39 heavy (non-hydrogen) atoms. The summed E-state index contributed by atoms with van der Waals surface area (Å²) in [4.78, 5) is 2.85. The van der Waals surface area contributed by atoms with Gasteiger partial charge in [0.1, 0.15) is 0 Å². The quantitative estimate of drug-likeness (QED) is 0.327. The maximum Gasteiger partial charge on any atom is 0.276 e. The summed E-state index contributed by atoms with van der Waals surface area (Å²) < 4.78 is 25.6. The van der Waals surface area contributed by atoms with Gasteiger partial charge in [0.25, 0.3) is 10.0 Å². The number of sulfonamides is 1. The van der Waals surface area contributed by atoms with E-state index in [-0.39, 0.29) is 4.90 Å². The third kappa shape index (κ3) is 5.60. The van der Waals surface area contributed by atoms with Crippen LogP contribution in [0, 0.1) is 59.2 Å². The summed E-state index contributed by atoms with van der Waals surface area (Å²) in [6, 6.07) is 6.99. The van der Waals surface area contributed by atoms with Crippen molar-refractivity contribution in [3.8, 4) is 0 Å². The van der Waals surface area contributed by atoms with Crippen LogP contribution in [0.15, 0.2) is 34.3 Å². The molecule has 1 aromatic carbocycles. The minimum atomic E-state index is -3.62. The van der Waals surface area contributed by atoms with E-state index in [4.69, 9.17) is 0 Å². The Labute approximate surface area is 239 Å². The Bertz CT molecular complexity index is 1140. The molecule has 4 saturated carbocycles. The van der Waals surface area contributed by atoms with E-state index in [0.717, 1.165) is 66.0 Å².